The van der Waals surface area contributed by atoms with Gasteiger partial charge in [-0.15, -0.1) is 0 Å². The van der Waals surface area contributed by atoms with Crippen molar-refractivity contribution in [2.75, 3.05) is 31.6 Å². The molecule has 5 rings (SSSR count). The van der Waals surface area contributed by atoms with Gasteiger partial charge in [0.25, 0.3) is 0 Å². The summed E-state index contributed by atoms with van der Waals surface area (Å²) in [7, 11) is 2.23. The topological polar surface area (TPSA) is 184 Å². The van der Waals surface area contributed by atoms with Gasteiger partial charge >= 0.3 is 23.9 Å². The molecule has 0 spiro atoms. The van der Waals surface area contributed by atoms with Crippen LogP contribution >= 0.6 is 0 Å². The molecular weight excluding hydrogens is 520 g/mol. The number of carboxylic acids is 4. The summed E-state index contributed by atoms with van der Waals surface area (Å²) >= 11 is 0. The summed E-state index contributed by atoms with van der Waals surface area (Å²) in [4.78, 5) is 51.0. The number of carbonyl (C=O) groups is 4. The van der Waals surface area contributed by atoms with Crippen LogP contribution in [0.15, 0.2) is 73.2 Å². The summed E-state index contributed by atoms with van der Waals surface area (Å²) in [5.41, 5.74) is 4.88. The number of hydrogen-bond acceptors (Lipinski definition) is 7. The highest BCUT2D eigenvalue weighted by atomic mass is 16.4. The van der Waals surface area contributed by atoms with E-state index in [0.717, 1.165) is 12.5 Å². The fourth-order valence-electron chi connectivity index (χ4n) is 4.75. The van der Waals surface area contributed by atoms with Crippen molar-refractivity contribution in [2.24, 2.45) is 5.92 Å². The van der Waals surface area contributed by atoms with Gasteiger partial charge in [0.1, 0.15) is 0 Å². The van der Waals surface area contributed by atoms with Gasteiger partial charge in [0.05, 0.1) is 11.9 Å². The predicted molar refractivity (Wildman–Crippen MR) is 147 cm³/mol. The predicted octanol–water partition coefficient (Wildman–Crippen LogP) is 2.79. The van der Waals surface area contributed by atoms with E-state index in [4.69, 9.17) is 20.4 Å². The average Bonchev–Trinajstić information content (AvgIpc) is 3.62. The van der Waals surface area contributed by atoms with E-state index >= 15 is 0 Å². The van der Waals surface area contributed by atoms with Gasteiger partial charge in [-0.05, 0) is 54.6 Å². The number of H-pyrrole nitrogens is 1. The van der Waals surface area contributed by atoms with Gasteiger partial charge in [0, 0.05) is 73.5 Å². The van der Waals surface area contributed by atoms with Crippen LogP contribution in [0.2, 0.25) is 0 Å². The number of nitrogens with one attached hydrogen (secondary N) is 1. The van der Waals surface area contributed by atoms with Crippen molar-refractivity contribution in [3.63, 3.8) is 0 Å². The molecule has 0 radical (unpaired) electrons. The molecule has 2 fully saturated rings. The summed E-state index contributed by atoms with van der Waals surface area (Å²) < 4.78 is 0. The molecule has 0 aliphatic carbocycles. The first kappa shape index (κ1) is 29.6. The van der Waals surface area contributed by atoms with E-state index in [1.54, 1.807) is 0 Å². The molecule has 1 aromatic carbocycles. The highest BCUT2D eigenvalue weighted by Gasteiger charge is 2.40. The largest absolute Gasteiger partial charge is 0.478 e. The fourth-order valence-corrected chi connectivity index (χ4v) is 4.75. The molecule has 0 amide bonds. The standard InChI is InChI=1S/C20H22N4.2C4H4O4/c1-23-12-16-5-7-24(20(16)13-23)18-9-17(10-21-11-18)14-2-3-19-15(8-14)4-6-22-19;2*5-3(6)1-2-4(7)8/h2-4,6,8-11,16,20,22H,5,7,12-13H2,1H3;2*1-2H,(H,5,6)(H,7,8)/b;2*2-1+/t16-,20+;;/m0../s1. The second-order valence-corrected chi connectivity index (χ2v) is 9.26. The number of anilines is 1. The van der Waals surface area contributed by atoms with Crippen molar-refractivity contribution in [1.29, 1.82) is 0 Å². The minimum atomic E-state index is -1.26. The van der Waals surface area contributed by atoms with Crippen LogP contribution < -0.4 is 4.90 Å². The maximum absolute atomic E-state index is 9.55. The molecule has 2 atom stereocenters. The molecule has 0 saturated carbocycles. The highest BCUT2D eigenvalue weighted by Crippen LogP contribution is 2.35. The first-order chi connectivity index (χ1) is 19.0. The number of pyridine rings is 1. The molecule has 2 aliphatic heterocycles. The number of aromatic amines is 1. The van der Waals surface area contributed by atoms with Crippen LogP contribution in [0.3, 0.4) is 0 Å². The lowest BCUT2D eigenvalue weighted by Gasteiger charge is -2.26. The second kappa shape index (κ2) is 13.7. The average molecular weight is 551 g/mol. The number of nitrogens with zero attached hydrogens (tertiary/aromatic N) is 3. The summed E-state index contributed by atoms with van der Waals surface area (Å²) in [6, 6.07) is 11.6. The van der Waals surface area contributed by atoms with Crippen LogP contribution in [-0.2, 0) is 19.2 Å². The highest BCUT2D eigenvalue weighted by molar-refractivity contribution is 5.90. The first-order valence-corrected chi connectivity index (χ1v) is 12.3. The Morgan fingerprint density at radius 1 is 0.850 bits per heavy atom. The maximum Gasteiger partial charge on any atom is 0.328 e. The van der Waals surface area contributed by atoms with E-state index in [9.17, 15) is 19.2 Å². The number of rotatable bonds is 6. The van der Waals surface area contributed by atoms with Gasteiger partial charge < -0.3 is 35.2 Å². The Balaban J connectivity index is 0.000000230. The van der Waals surface area contributed by atoms with Crippen LogP contribution in [0.25, 0.3) is 22.0 Å². The summed E-state index contributed by atoms with van der Waals surface area (Å²) in [6.45, 7) is 3.56. The van der Waals surface area contributed by atoms with E-state index in [-0.39, 0.29) is 0 Å². The smallest absolute Gasteiger partial charge is 0.328 e. The van der Waals surface area contributed by atoms with Crippen molar-refractivity contribution < 1.29 is 39.6 Å². The van der Waals surface area contributed by atoms with Gasteiger partial charge in [-0.25, -0.2) is 19.2 Å². The molecule has 0 unspecified atom stereocenters. The molecule has 0 bridgehead atoms. The van der Waals surface area contributed by atoms with Crippen molar-refractivity contribution in [3.05, 3.63) is 73.2 Å². The Morgan fingerprint density at radius 2 is 1.48 bits per heavy atom. The van der Waals surface area contributed by atoms with Gasteiger partial charge in [0.15, 0.2) is 0 Å². The van der Waals surface area contributed by atoms with Crippen molar-refractivity contribution in [3.8, 4) is 11.1 Å². The lowest BCUT2D eigenvalue weighted by atomic mass is 10.0. The monoisotopic (exact) mass is 550 g/mol. The zero-order valence-corrected chi connectivity index (χ0v) is 21.7. The Labute approximate surface area is 229 Å². The molecule has 12 heteroatoms. The number of benzene rings is 1. The SMILES string of the molecule is CN1C[C@@H]2CCN(c3cncc(-c4ccc5[nH]ccc5c4)c3)[C@@H]2C1.O=C(O)/C=C/C(=O)O.O=C(O)/C=C/C(=O)O. The zero-order valence-electron chi connectivity index (χ0n) is 21.7. The van der Waals surface area contributed by atoms with Crippen LogP contribution in [0.1, 0.15) is 6.42 Å². The molecule has 12 nitrogen and oxygen atoms in total. The quantitative estimate of drug-likeness (QED) is 0.284. The van der Waals surface area contributed by atoms with Gasteiger partial charge in [-0.1, -0.05) is 6.07 Å². The number of likely N-dealkylation sites (N-methyl/N-ethyl adjacent to an activating group) is 1. The number of aromatic nitrogens is 2. The third-order valence-electron chi connectivity index (χ3n) is 6.41. The van der Waals surface area contributed by atoms with E-state index in [2.05, 4.69) is 57.1 Å². The molecule has 5 N–H and O–H groups in total. The summed E-state index contributed by atoms with van der Waals surface area (Å²) in [5, 5.41) is 32.5. The van der Waals surface area contributed by atoms with Gasteiger partial charge in [-0.3, -0.25) is 4.98 Å². The molecule has 2 aromatic heterocycles. The normalized spacial score (nSPS) is 18.2. The van der Waals surface area contributed by atoms with Crippen LogP contribution in [0, 0.1) is 5.92 Å². The zero-order chi connectivity index (χ0) is 29.2. The Morgan fingerprint density at radius 3 is 2.08 bits per heavy atom. The molecule has 4 heterocycles. The first-order valence-electron chi connectivity index (χ1n) is 12.3. The van der Waals surface area contributed by atoms with Crippen molar-refractivity contribution >= 4 is 40.5 Å². The lowest BCUT2D eigenvalue weighted by Crippen LogP contribution is -2.34. The van der Waals surface area contributed by atoms with E-state index in [0.29, 0.717) is 30.3 Å². The Bertz CT molecular complexity index is 1360. The van der Waals surface area contributed by atoms with Crippen molar-refractivity contribution in [2.45, 2.75) is 12.5 Å². The van der Waals surface area contributed by atoms with E-state index in [1.165, 1.54) is 47.2 Å². The minimum Gasteiger partial charge on any atom is -0.478 e. The third kappa shape index (κ3) is 8.53. The molecular formula is C28H30N4O8. The molecule has 2 aliphatic rings. The minimum absolute atomic E-state index is 0.558. The van der Waals surface area contributed by atoms with E-state index in [1.807, 2.05) is 18.6 Å². The Kier molecular flexibility index (Phi) is 10.1. The third-order valence-corrected chi connectivity index (χ3v) is 6.41. The van der Waals surface area contributed by atoms with Crippen LogP contribution in [0.5, 0.6) is 0 Å². The van der Waals surface area contributed by atoms with E-state index < -0.39 is 23.9 Å². The number of fused-ring (bicyclic) bond motifs is 2. The maximum atomic E-state index is 9.55. The molecule has 210 valence electrons. The lowest BCUT2D eigenvalue weighted by molar-refractivity contribution is -0.134. The van der Waals surface area contributed by atoms with Crippen LogP contribution in [0.4, 0.5) is 5.69 Å². The van der Waals surface area contributed by atoms with Gasteiger partial charge in [-0.2, -0.15) is 0 Å². The van der Waals surface area contributed by atoms with Crippen LogP contribution in [-0.4, -0.2) is 91.9 Å². The molecule has 3 aromatic rings. The fraction of sp³-hybridized carbons (Fsp3) is 0.250. The molecule has 2 saturated heterocycles. The number of carboxylic acid groups (broad SMARTS) is 4. The van der Waals surface area contributed by atoms with Crippen molar-refractivity contribution in [1.82, 2.24) is 14.9 Å². The summed E-state index contributed by atoms with van der Waals surface area (Å²) in [5.74, 6) is -4.21. The summed E-state index contributed by atoms with van der Waals surface area (Å²) in [6.07, 6.45) is 9.53. The Hall–Kier alpha value is -4.97. The molecule has 40 heavy (non-hydrogen) atoms. The van der Waals surface area contributed by atoms with Gasteiger partial charge in [0.2, 0.25) is 0 Å². The number of hydrogen-bond donors (Lipinski definition) is 5. The number of aliphatic carboxylic acids is 4. The second-order valence-electron chi connectivity index (χ2n) is 9.26. The number of likely N-dealkylation sites (tertiary alicyclic amines) is 1.